The minimum atomic E-state index is -0.0161. The number of carbonyl (C=O) groups excluding carboxylic acids is 1. The first-order valence-corrected chi connectivity index (χ1v) is 8.96. The molecule has 1 N–H and O–H groups in total. The van der Waals surface area contributed by atoms with E-state index in [0.29, 0.717) is 5.92 Å². The Labute approximate surface area is 141 Å². The smallest absolute Gasteiger partial charge is 0.255 e. The van der Waals surface area contributed by atoms with Gasteiger partial charge in [-0.05, 0) is 51.2 Å². The number of nitrogens with one attached hydrogen (secondary N) is 1. The number of amides is 1. The summed E-state index contributed by atoms with van der Waals surface area (Å²) < 4.78 is 2.00. The van der Waals surface area contributed by atoms with Gasteiger partial charge in [-0.3, -0.25) is 9.48 Å². The van der Waals surface area contributed by atoms with Crippen molar-refractivity contribution in [1.82, 2.24) is 20.0 Å². The predicted octanol–water partition coefficient (Wildman–Crippen LogP) is 2.56. The van der Waals surface area contributed by atoms with Crippen LogP contribution in [0.3, 0.4) is 0 Å². The molecule has 124 valence electrons. The maximum atomic E-state index is 12.6. The molecule has 6 heteroatoms. The lowest BCUT2D eigenvalue weighted by Crippen LogP contribution is -2.31. The molecule has 0 fully saturated rings. The van der Waals surface area contributed by atoms with Crippen LogP contribution in [0.5, 0.6) is 0 Å². The van der Waals surface area contributed by atoms with Gasteiger partial charge in [-0.15, -0.1) is 11.3 Å². The van der Waals surface area contributed by atoms with E-state index in [1.807, 2.05) is 23.1 Å². The minimum Gasteiger partial charge on any atom is -0.345 e. The Morgan fingerprint density at radius 3 is 3.09 bits per heavy atom. The lowest BCUT2D eigenvalue weighted by atomic mass is 9.94. The fourth-order valence-corrected chi connectivity index (χ4v) is 3.98. The molecule has 3 heterocycles. The third-order valence-electron chi connectivity index (χ3n) is 4.37. The Morgan fingerprint density at radius 2 is 2.39 bits per heavy atom. The molecule has 0 saturated heterocycles. The molecule has 2 aromatic rings. The highest BCUT2D eigenvalue weighted by molar-refractivity contribution is 7.10. The summed E-state index contributed by atoms with van der Waals surface area (Å²) in [7, 11) is 4.20. The molecule has 1 amide bonds. The van der Waals surface area contributed by atoms with Crippen LogP contribution in [-0.4, -0.2) is 41.2 Å². The molecular weight excluding hydrogens is 308 g/mol. The van der Waals surface area contributed by atoms with Crippen LogP contribution < -0.4 is 5.32 Å². The van der Waals surface area contributed by atoms with Crippen LogP contribution in [0, 0.1) is 5.92 Å². The van der Waals surface area contributed by atoms with Gasteiger partial charge in [0.05, 0.1) is 23.5 Å². The van der Waals surface area contributed by atoms with Crippen LogP contribution in [-0.2, 0) is 13.0 Å². The van der Waals surface area contributed by atoms with Gasteiger partial charge >= 0.3 is 0 Å². The molecule has 1 aliphatic rings. The fourth-order valence-electron chi connectivity index (χ4n) is 3.24. The monoisotopic (exact) mass is 332 g/mol. The summed E-state index contributed by atoms with van der Waals surface area (Å²) in [4.78, 5) is 16.0. The second-order valence-corrected chi connectivity index (χ2v) is 7.54. The second-order valence-electron chi connectivity index (χ2n) is 6.56. The number of hydrogen-bond donors (Lipinski definition) is 1. The van der Waals surface area contributed by atoms with Crippen LogP contribution >= 0.6 is 11.3 Å². The number of hydrogen-bond acceptors (Lipinski definition) is 4. The molecule has 0 radical (unpaired) electrons. The number of thiophene rings is 1. The standard InChI is InChI=1S/C17H24N4OS/c1-12(16-5-4-8-23-16)19-17(22)14-10-18-21-7-6-13(9-15(14)21)11-20(2)3/h4-5,8,10,12-13H,6-7,9,11H2,1-3H3,(H,19,22)/t12-,13-/m1/s1. The summed E-state index contributed by atoms with van der Waals surface area (Å²) in [6, 6.07) is 4.09. The molecule has 0 unspecified atom stereocenters. The highest BCUT2D eigenvalue weighted by atomic mass is 32.1. The second kappa shape index (κ2) is 6.84. The summed E-state index contributed by atoms with van der Waals surface area (Å²) in [6.07, 6.45) is 3.78. The minimum absolute atomic E-state index is 0.0161. The zero-order valence-corrected chi connectivity index (χ0v) is 14.8. The lowest BCUT2D eigenvalue weighted by Gasteiger charge is -2.26. The van der Waals surface area contributed by atoms with Gasteiger partial charge in [0.25, 0.3) is 5.91 Å². The van der Waals surface area contributed by atoms with Gasteiger partial charge in [0.2, 0.25) is 0 Å². The Morgan fingerprint density at radius 1 is 1.57 bits per heavy atom. The summed E-state index contributed by atoms with van der Waals surface area (Å²) >= 11 is 1.67. The third kappa shape index (κ3) is 3.64. The number of carbonyl (C=O) groups is 1. The number of nitrogens with zero attached hydrogens (tertiary/aromatic N) is 3. The van der Waals surface area contributed by atoms with Gasteiger partial charge in [-0.1, -0.05) is 6.07 Å². The van der Waals surface area contributed by atoms with Gasteiger partial charge in [0.1, 0.15) is 0 Å². The van der Waals surface area contributed by atoms with E-state index in [2.05, 4.69) is 35.5 Å². The largest absolute Gasteiger partial charge is 0.345 e. The van der Waals surface area contributed by atoms with E-state index in [-0.39, 0.29) is 11.9 Å². The number of aromatic nitrogens is 2. The van der Waals surface area contributed by atoms with Crippen molar-refractivity contribution in [2.75, 3.05) is 20.6 Å². The van der Waals surface area contributed by atoms with E-state index in [9.17, 15) is 4.79 Å². The maximum Gasteiger partial charge on any atom is 0.255 e. The number of fused-ring (bicyclic) bond motifs is 1. The fraction of sp³-hybridized carbons (Fsp3) is 0.529. The van der Waals surface area contributed by atoms with Gasteiger partial charge < -0.3 is 10.2 Å². The molecule has 0 aromatic carbocycles. The first kappa shape index (κ1) is 16.2. The van der Waals surface area contributed by atoms with Crippen molar-refractivity contribution in [3.63, 3.8) is 0 Å². The average Bonchev–Trinajstić information content (AvgIpc) is 3.15. The Hall–Kier alpha value is -1.66. The third-order valence-corrected chi connectivity index (χ3v) is 5.42. The van der Waals surface area contributed by atoms with Crippen LogP contribution in [0.25, 0.3) is 0 Å². The van der Waals surface area contributed by atoms with Crippen LogP contribution in [0.2, 0.25) is 0 Å². The van der Waals surface area contributed by atoms with Crippen molar-refractivity contribution < 1.29 is 4.79 Å². The van der Waals surface area contributed by atoms with E-state index in [4.69, 9.17) is 0 Å². The first-order chi connectivity index (χ1) is 11.0. The number of rotatable bonds is 5. The summed E-state index contributed by atoms with van der Waals surface area (Å²) in [5, 5.41) is 9.54. The van der Waals surface area contributed by atoms with E-state index in [0.717, 1.165) is 37.2 Å². The van der Waals surface area contributed by atoms with E-state index >= 15 is 0 Å². The van der Waals surface area contributed by atoms with Crippen molar-refractivity contribution in [3.05, 3.63) is 39.8 Å². The molecule has 2 atom stereocenters. The van der Waals surface area contributed by atoms with E-state index in [1.165, 1.54) is 4.88 Å². The van der Waals surface area contributed by atoms with E-state index < -0.39 is 0 Å². The summed E-state index contributed by atoms with van der Waals surface area (Å²) in [6.45, 7) is 3.98. The summed E-state index contributed by atoms with van der Waals surface area (Å²) in [5.74, 6) is 0.577. The molecule has 23 heavy (non-hydrogen) atoms. The molecule has 5 nitrogen and oxygen atoms in total. The number of aryl methyl sites for hydroxylation is 1. The molecule has 0 bridgehead atoms. The van der Waals surface area contributed by atoms with Crippen LogP contribution in [0.1, 0.15) is 40.3 Å². The zero-order valence-electron chi connectivity index (χ0n) is 14.0. The normalized spacial score (nSPS) is 18.7. The van der Waals surface area contributed by atoms with Crippen molar-refractivity contribution in [1.29, 1.82) is 0 Å². The Bertz CT molecular complexity index is 662. The van der Waals surface area contributed by atoms with Crippen LogP contribution in [0.4, 0.5) is 0 Å². The highest BCUT2D eigenvalue weighted by Gasteiger charge is 2.26. The van der Waals surface area contributed by atoms with Gasteiger partial charge in [-0.2, -0.15) is 5.10 Å². The molecular formula is C17H24N4OS. The topological polar surface area (TPSA) is 50.2 Å². The van der Waals surface area contributed by atoms with E-state index in [1.54, 1.807) is 17.5 Å². The zero-order chi connectivity index (χ0) is 16.4. The van der Waals surface area contributed by atoms with Crippen molar-refractivity contribution in [2.24, 2.45) is 5.92 Å². The summed E-state index contributed by atoms with van der Waals surface area (Å²) in [5.41, 5.74) is 1.82. The van der Waals surface area contributed by atoms with Gasteiger partial charge in [-0.25, -0.2) is 0 Å². The molecule has 3 rings (SSSR count). The molecule has 0 saturated carbocycles. The lowest BCUT2D eigenvalue weighted by molar-refractivity contribution is 0.0938. The highest BCUT2D eigenvalue weighted by Crippen LogP contribution is 2.24. The molecule has 0 aliphatic carbocycles. The Kier molecular flexibility index (Phi) is 4.82. The quantitative estimate of drug-likeness (QED) is 0.915. The average molecular weight is 332 g/mol. The Balaban J connectivity index is 1.72. The SMILES string of the molecule is C[C@@H](NC(=O)c1cnn2c1C[C@H](CN(C)C)CC2)c1cccs1. The molecule has 2 aromatic heterocycles. The van der Waals surface area contributed by atoms with Crippen molar-refractivity contribution in [3.8, 4) is 0 Å². The predicted molar refractivity (Wildman–Crippen MR) is 92.8 cm³/mol. The van der Waals surface area contributed by atoms with Gasteiger partial charge in [0.15, 0.2) is 0 Å². The first-order valence-electron chi connectivity index (χ1n) is 8.08. The van der Waals surface area contributed by atoms with Crippen LogP contribution in [0.15, 0.2) is 23.7 Å². The molecule has 1 aliphatic heterocycles. The van der Waals surface area contributed by atoms with Crippen molar-refractivity contribution in [2.45, 2.75) is 32.4 Å². The molecule has 0 spiro atoms. The van der Waals surface area contributed by atoms with Crippen molar-refractivity contribution >= 4 is 17.2 Å². The maximum absolute atomic E-state index is 12.6. The van der Waals surface area contributed by atoms with Gasteiger partial charge in [0, 0.05) is 18.0 Å².